The second-order valence-corrected chi connectivity index (χ2v) is 7.55. The van der Waals surface area contributed by atoms with Gasteiger partial charge in [0.15, 0.2) is 0 Å². The third-order valence-corrected chi connectivity index (χ3v) is 5.86. The molecule has 2 aliphatic heterocycles. The Labute approximate surface area is 158 Å². The maximum Gasteiger partial charge on any atom is 0.308 e. The number of amides is 1. The molecule has 7 nitrogen and oxygen atoms in total. The summed E-state index contributed by atoms with van der Waals surface area (Å²) in [6.07, 6.45) is 2.63. The molecule has 1 aliphatic carbocycles. The van der Waals surface area contributed by atoms with Crippen LogP contribution < -0.4 is 10.1 Å². The molecule has 0 spiro atoms. The van der Waals surface area contributed by atoms with E-state index in [0.717, 1.165) is 36.3 Å². The van der Waals surface area contributed by atoms with Gasteiger partial charge in [-0.15, -0.1) is 0 Å². The van der Waals surface area contributed by atoms with Crippen LogP contribution in [0.25, 0.3) is 0 Å². The highest BCUT2D eigenvalue weighted by Gasteiger charge is 2.46. The van der Waals surface area contributed by atoms with Gasteiger partial charge in [-0.2, -0.15) is 0 Å². The fourth-order valence-corrected chi connectivity index (χ4v) is 4.15. The maximum atomic E-state index is 12.2. The summed E-state index contributed by atoms with van der Waals surface area (Å²) in [4.78, 5) is 23.9. The van der Waals surface area contributed by atoms with Crippen molar-refractivity contribution in [1.29, 1.82) is 0 Å². The summed E-state index contributed by atoms with van der Waals surface area (Å²) in [5.41, 5.74) is 1.74. The van der Waals surface area contributed by atoms with Crippen molar-refractivity contribution in [1.82, 2.24) is 0 Å². The first-order valence-corrected chi connectivity index (χ1v) is 9.53. The van der Waals surface area contributed by atoms with Crippen molar-refractivity contribution in [2.24, 2.45) is 5.92 Å². The predicted octanol–water partition coefficient (Wildman–Crippen LogP) is 1.98. The van der Waals surface area contributed by atoms with Crippen molar-refractivity contribution < 1.29 is 28.9 Å². The Bertz CT molecular complexity index is 731. The standard InChI is InChI=1S/C20H25NO6/c1-25-18(23)9-13-8-15-14-7-12(21-20(24)11-3-2-4-11)5-6-16(14)27-19(15)17(10-22)26-13/h5-7,11,13,15,17,19,22H,2-4,8-10H2,1H3,(H,21,24)/t13-,15+,17+,19-/m0/s1. The number of methoxy groups -OCH3 is 1. The molecule has 4 atom stereocenters. The number of carbonyl (C=O) groups is 2. The fraction of sp³-hybridized carbons (Fsp3) is 0.600. The third-order valence-electron chi connectivity index (χ3n) is 5.86. The molecule has 1 aromatic rings. The van der Waals surface area contributed by atoms with E-state index in [1.807, 2.05) is 18.2 Å². The number of aliphatic hydroxyl groups is 1. The molecule has 2 N–H and O–H groups in total. The highest BCUT2D eigenvalue weighted by Crippen LogP contribution is 2.47. The second kappa shape index (κ2) is 7.48. The molecular formula is C20H25NO6. The first kappa shape index (κ1) is 18.3. The van der Waals surface area contributed by atoms with Crippen molar-refractivity contribution in [2.75, 3.05) is 19.0 Å². The van der Waals surface area contributed by atoms with Crippen LogP contribution in [0.1, 0.15) is 43.6 Å². The number of hydrogen-bond acceptors (Lipinski definition) is 6. The minimum Gasteiger partial charge on any atom is -0.487 e. The zero-order chi connectivity index (χ0) is 19.0. The van der Waals surface area contributed by atoms with E-state index < -0.39 is 6.10 Å². The summed E-state index contributed by atoms with van der Waals surface area (Å²) in [7, 11) is 1.35. The number of esters is 1. The number of benzene rings is 1. The molecule has 0 aromatic heterocycles. The molecule has 1 saturated heterocycles. The largest absolute Gasteiger partial charge is 0.487 e. The van der Waals surface area contributed by atoms with Crippen LogP contribution in [0.15, 0.2) is 18.2 Å². The number of aliphatic hydroxyl groups excluding tert-OH is 1. The van der Waals surface area contributed by atoms with Gasteiger partial charge in [0.2, 0.25) is 5.91 Å². The second-order valence-electron chi connectivity index (χ2n) is 7.55. The van der Waals surface area contributed by atoms with Gasteiger partial charge in [-0.3, -0.25) is 9.59 Å². The topological polar surface area (TPSA) is 94.1 Å². The fourth-order valence-electron chi connectivity index (χ4n) is 4.15. The Morgan fingerprint density at radius 1 is 1.33 bits per heavy atom. The Morgan fingerprint density at radius 2 is 2.15 bits per heavy atom. The van der Waals surface area contributed by atoms with E-state index in [-0.39, 0.29) is 48.9 Å². The maximum absolute atomic E-state index is 12.2. The van der Waals surface area contributed by atoms with E-state index in [0.29, 0.717) is 6.42 Å². The summed E-state index contributed by atoms with van der Waals surface area (Å²) in [5, 5.41) is 12.7. The lowest BCUT2D eigenvalue weighted by molar-refractivity contribution is -0.156. The molecule has 27 heavy (non-hydrogen) atoms. The van der Waals surface area contributed by atoms with Gasteiger partial charge in [0.05, 0.1) is 26.2 Å². The zero-order valence-corrected chi connectivity index (χ0v) is 15.3. The lowest BCUT2D eigenvalue weighted by Crippen LogP contribution is -2.46. The molecule has 2 heterocycles. The zero-order valence-electron chi connectivity index (χ0n) is 15.3. The lowest BCUT2D eigenvalue weighted by Gasteiger charge is -2.36. The Balaban J connectivity index is 1.52. The predicted molar refractivity (Wildman–Crippen MR) is 96.6 cm³/mol. The molecular weight excluding hydrogens is 350 g/mol. The Morgan fingerprint density at radius 3 is 2.81 bits per heavy atom. The summed E-state index contributed by atoms with van der Waals surface area (Å²) in [5.74, 6) is 0.596. The summed E-state index contributed by atoms with van der Waals surface area (Å²) in [6.45, 7) is -0.182. The average Bonchev–Trinajstić information content (AvgIpc) is 2.97. The molecule has 0 unspecified atom stereocenters. The molecule has 1 saturated carbocycles. The molecule has 3 aliphatic rings. The van der Waals surface area contributed by atoms with E-state index in [4.69, 9.17) is 14.2 Å². The molecule has 4 rings (SSSR count). The van der Waals surface area contributed by atoms with Gasteiger partial charge < -0.3 is 24.6 Å². The highest BCUT2D eigenvalue weighted by atomic mass is 16.6. The van der Waals surface area contributed by atoms with E-state index in [9.17, 15) is 14.7 Å². The van der Waals surface area contributed by atoms with Crippen LogP contribution in [-0.4, -0.2) is 49.0 Å². The third kappa shape index (κ3) is 3.53. The number of ether oxygens (including phenoxy) is 3. The summed E-state index contributed by atoms with van der Waals surface area (Å²) >= 11 is 0. The van der Waals surface area contributed by atoms with E-state index in [1.165, 1.54) is 7.11 Å². The van der Waals surface area contributed by atoms with E-state index >= 15 is 0 Å². The van der Waals surface area contributed by atoms with Crippen LogP contribution >= 0.6 is 0 Å². The van der Waals surface area contributed by atoms with Crippen LogP contribution in [-0.2, 0) is 19.1 Å². The number of rotatable bonds is 5. The number of fused-ring (bicyclic) bond motifs is 3. The number of anilines is 1. The van der Waals surface area contributed by atoms with Gasteiger partial charge in [-0.25, -0.2) is 0 Å². The molecule has 2 fully saturated rings. The van der Waals surface area contributed by atoms with Crippen LogP contribution in [0.2, 0.25) is 0 Å². The van der Waals surface area contributed by atoms with Crippen LogP contribution in [0, 0.1) is 5.92 Å². The van der Waals surface area contributed by atoms with Gasteiger partial charge in [0.25, 0.3) is 0 Å². The van der Waals surface area contributed by atoms with Crippen LogP contribution in [0.3, 0.4) is 0 Å². The summed E-state index contributed by atoms with van der Waals surface area (Å²) in [6, 6.07) is 5.65. The average molecular weight is 375 g/mol. The molecule has 146 valence electrons. The Kier molecular flexibility index (Phi) is 5.06. The monoisotopic (exact) mass is 375 g/mol. The number of nitrogens with one attached hydrogen (secondary N) is 1. The molecule has 7 heteroatoms. The van der Waals surface area contributed by atoms with Crippen LogP contribution in [0.4, 0.5) is 5.69 Å². The lowest BCUT2D eigenvalue weighted by atomic mass is 9.83. The SMILES string of the molecule is COC(=O)C[C@@H]1C[C@@H]2c3cc(NC(=O)C4CCC4)ccc3O[C@@H]2[C@@H](CO)O1. The van der Waals surface area contributed by atoms with E-state index in [1.54, 1.807) is 0 Å². The molecule has 1 amide bonds. The highest BCUT2D eigenvalue weighted by molar-refractivity contribution is 5.93. The van der Waals surface area contributed by atoms with Gasteiger partial charge in [0, 0.05) is 23.1 Å². The van der Waals surface area contributed by atoms with Gasteiger partial charge >= 0.3 is 5.97 Å². The smallest absolute Gasteiger partial charge is 0.308 e. The van der Waals surface area contributed by atoms with Gasteiger partial charge in [-0.05, 0) is 37.5 Å². The normalized spacial score (nSPS) is 29.1. The van der Waals surface area contributed by atoms with Crippen LogP contribution in [0.5, 0.6) is 5.75 Å². The van der Waals surface area contributed by atoms with Crippen molar-refractivity contribution in [3.8, 4) is 5.75 Å². The molecule has 1 aromatic carbocycles. The van der Waals surface area contributed by atoms with Gasteiger partial charge in [-0.1, -0.05) is 6.42 Å². The molecule has 0 radical (unpaired) electrons. The summed E-state index contributed by atoms with van der Waals surface area (Å²) < 4.78 is 16.6. The van der Waals surface area contributed by atoms with Crippen molar-refractivity contribution in [2.45, 2.75) is 56.3 Å². The number of hydrogen-bond donors (Lipinski definition) is 2. The first-order valence-electron chi connectivity index (χ1n) is 9.53. The quantitative estimate of drug-likeness (QED) is 0.765. The van der Waals surface area contributed by atoms with Crippen molar-refractivity contribution in [3.63, 3.8) is 0 Å². The number of carbonyl (C=O) groups excluding carboxylic acids is 2. The van der Waals surface area contributed by atoms with Crippen molar-refractivity contribution >= 4 is 17.6 Å². The van der Waals surface area contributed by atoms with Crippen molar-refractivity contribution in [3.05, 3.63) is 23.8 Å². The van der Waals surface area contributed by atoms with E-state index in [2.05, 4.69) is 5.32 Å². The minimum absolute atomic E-state index is 0.00103. The first-order chi connectivity index (χ1) is 13.1. The molecule has 0 bridgehead atoms. The van der Waals surface area contributed by atoms with Gasteiger partial charge in [0.1, 0.15) is 18.0 Å². The Hall–Kier alpha value is -2.12. The minimum atomic E-state index is -0.501.